The van der Waals surface area contributed by atoms with E-state index in [2.05, 4.69) is 37.8 Å². The van der Waals surface area contributed by atoms with E-state index in [9.17, 15) is 5.11 Å². The molecule has 0 amide bonds. The van der Waals surface area contributed by atoms with Crippen LogP contribution in [0.3, 0.4) is 0 Å². The molecule has 3 nitrogen and oxygen atoms in total. The molecule has 2 unspecified atom stereocenters. The molecule has 0 aliphatic carbocycles. The van der Waals surface area contributed by atoms with Gasteiger partial charge in [-0.25, -0.2) is 0 Å². The summed E-state index contributed by atoms with van der Waals surface area (Å²) in [5, 5.41) is 10.6. The van der Waals surface area contributed by atoms with Crippen molar-refractivity contribution in [3.05, 3.63) is 34.4 Å². The zero-order valence-corrected chi connectivity index (χ0v) is 13.1. The van der Waals surface area contributed by atoms with Crippen LogP contribution in [0, 0.1) is 26.7 Å². The lowest BCUT2D eigenvalue weighted by Crippen LogP contribution is -2.27. The molecule has 2 atom stereocenters. The average molecular weight is 277 g/mol. The Balaban J connectivity index is 2.01. The SMILES string of the molecule is COCC1CCN(CC(O)c2c(C)cc(C)cc2C)C1. The quantitative estimate of drug-likeness (QED) is 0.898. The molecule has 0 radical (unpaired) electrons. The maximum absolute atomic E-state index is 10.6. The lowest BCUT2D eigenvalue weighted by Gasteiger charge is -2.23. The first-order valence-corrected chi connectivity index (χ1v) is 7.48. The number of aliphatic hydroxyl groups excluding tert-OH is 1. The molecule has 0 saturated carbocycles. The van der Waals surface area contributed by atoms with Gasteiger partial charge in [0.1, 0.15) is 0 Å². The number of likely N-dealkylation sites (tertiary alicyclic amines) is 1. The molecular formula is C17H27NO2. The van der Waals surface area contributed by atoms with Gasteiger partial charge in [-0.3, -0.25) is 0 Å². The molecule has 2 rings (SSSR count). The highest BCUT2D eigenvalue weighted by molar-refractivity contribution is 5.39. The fraction of sp³-hybridized carbons (Fsp3) is 0.647. The van der Waals surface area contributed by atoms with E-state index >= 15 is 0 Å². The molecule has 112 valence electrons. The summed E-state index contributed by atoms with van der Waals surface area (Å²) in [5.41, 5.74) is 4.76. The van der Waals surface area contributed by atoms with Crippen molar-refractivity contribution >= 4 is 0 Å². The molecule has 1 saturated heterocycles. The smallest absolute Gasteiger partial charge is 0.0922 e. The topological polar surface area (TPSA) is 32.7 Å². The normalized spacial score (nSPS) is 21.4. The molecule has 1 aromatic rings. The number of β-amino-alcohol motifs (C(OH)–C–C–N with tert-alkyl or cyclic N) is 1. The van der Waals surface area contributed by atoms with Crippen molar-refractivity contribution in [2.75, 3.05) is 33.4 Å². The van der Waals surface area contributed by atoms with Crippen molar-refractivity contribution in [3.63, 3.8) is 0 Å². The van der Waals surface area contributed by atoms with Gasteiger partial charge < -0.3 is 14.7 Å². The Morgan fingerprint density at radius 1 is 1.30 bits per heavy atom. The maximum atomic E-state index is 10.6. The minimum absolute atomic E-state index is 0.392. The third-order valence-electron chi connectivity index (χ3n) is 4.27. The third-order valence-corrected chi connectivity index (χ3v) is 4.27. The van der Waals surface area contributed by atoms with Crippen molar-refractivity contribution in [2.24, 2.45) is 5.92 Å². The van der Waals surface area contributed by atoms with Crippen molar-refractivity contribution in [3.8, 4) is 0 Å². The van der Waals surface area contributed by atoms with E-state index in [1.807, 2.05) is 0 Å². The molecule has 1 aliphatic heterocycles. The molecule has 20 heavy (non-hydrogen) atoms. The first-order valence-electron chi connectivity index (χ1n) is 7.48. The Labute approximate surface area is 122 Å². The van der Waals surface area contributed by atoms with Gasteiger partial charge in [0, 0.05) is 20.2 Å². The number of hydrogen-bond donors (Lipinski definition) is 1. The van der Waals surface area contributed by atoms with Crippen LogP contribution in [0.1, 0.15) is 34.8 Å². The summed E-state index contributed by atoms with van der Waals surface area (Å²) in [4.78, 5) is 2.35. The molecule has 1 aliphatic rings. The van der Waals surface area contributed by atoms with Crippen LogP contribution < -0.4 is 0 Å². The Hall–Kier alpha value is -0.900. The van der Waals surface area contributed by atoms with Crippen LogP contribution in [0.2, 0.25) is 0 Å². The zero-order valence-electron chi connectivity index (χ0n) is 13.1. The Morgan fingerprint density at radius 3 is 2.55 bits per heavy atom. The van der Waals surface area contributed by atoms with Crippen LogP contribution in [0.5, 0.6) is 0 Å². The standard InChI is InChI=1S/C17H27NO2/c1-12-7-13(2)17(14(3)8-12)16(19)10-18-6-5-15(9-18)11-20-4/h7-8,15-16,19H,5-6,9-11H2,1-4H3. The van der Waals surface area contributed by atoms with Gasteiger partial charge in [-0.15, -0.1) is 0 Å². The largest absolute Gasteiger partial charge is 0.387 e. The van der Waals surface area contributed by atoms with Crippen LogP contribution in [0.4, 0.5) is 0 Å². The predicted octanol–water partition coefficient (Wildman–Crippen LogP) is 2.61. The molecule has 1 N–H and O–H groups in total. The summed E-state index contributed by atoms with van der Waals surface area (Å²) in [7, 11) is 1.76. The van der Waals surface area contributed by atoms with E-state index in [4.69, 9.17) is 4.74 Å². The van der Waals surface area contributed by atoms with E-state index in [0.29, 0.717) is 5.92 Å². The predicted molar refractivity (Wildman–Crippen MR) is 82.0 cm³/mol. The Kier molecular flexibility index (Phi) is 5.19. The first kappa shape index (κ1) is 15.5. The molecule has 1 aromatic carbocycles. The lowest BCUT2D eigenvalue weighted by molar-refractivity contribution is 0.114. The highest BCUT2D eigenvalue weighted by Crippen LogP contribution is 2.26. The zero-order chi connectivity index (χ0) is 14.7. The maximum Gasteiger partial charge on any atom is 0.0922 e. The van der Waals surface area contributed by atoms with Crippen molar-refractivity contribution in [1.82, 2.24) is 4.90 Å². The summed E-state index contributed by atoms with van der Waals surface area (Å²) in [6, 6.07) is 4.31. The average Bonchev–Trinajstić information content (AvgIpc) is 2.75. The Bertz CT molecular complexity index is 435. The summed E-state index contributed by atoms with van der Waals surface area (Å²) in [5.74, 6) is 0.618. The van der Waals surface area contributed by atoms with Crippen LogP contribution in [-0.2, 0) is 4.74 Å². The second-order valence-electron chi connectivity index (χ2n) is 6.20. The van der Waals surface area contributed by atoms with Crippen LogP contribution in [0.25, 0.3) is 0 Å². The van der Waals surface area contributed by atoms with Crippen molar-refractivity contribution in [1.29, 1.82) is 0 Å². The molecule has 0 bridgehead atoms. The number of methoxy groups -OCH3 is 1. The molecule has 0 aromatic heterocycles. The van der Waals surface area contributed by atoms with E-state index in [0.717, 1.165) is 31.8 Å². The summed E-state index contributed by atoms with van der Waals surface area (Å²) in [6.45, 7) is 9.95. The fourth-order valence-corrected chi connectivity index (χ4v) is 3.50. The minimum atomic E-state index is -0.392. The number of aliphatic hydroxyl groups is 1. The second kappa shape index (κ2) is 6.70. The van der Waals surface area contributed by atoms with E-state index in [1.54, 1.807) is 7.11 Å². The van der Waals surface area contributed by atoms with Gasteiger partial charge in [0.15, 0.2) is 0 Å². The number of aryl methyl sites for hydroxylation is 3. The van der Waals surface area contributed by atoms with Crippen molar-refractivity contribution in [2.45, 2.75) is 33.3 Å². The summed E-state index contributed by atoms with van der Waals surface area (Å²) >= 11 is 0. The Morgan fingerprint density at radius 2 is 1.95 bits per heavy atom. The minimum Gasteiger partial charge on any atom is -0.387 e. The number of nitrogens with zero attached hydrogens (tertiary/aromatic N) is 1. The second-order valence-corrected chi connectivity index (χ2v) is 6.20. The van der Waals surface area contributed by atoms with Gasteiger partial charge >= 0.3 is 0 Å². The number of hydrogen-bond acceptors (Lipinski definition) is 3. The third kappa shape index (κ3) is 3.60. The van der Waals surface area contributed by atoms with Crippen LogP contribution >= 0.6 is 0 Å². The van der Waals surface area contributed by atoms with E-state index < -0.39 is 6.10 Å². The molecule has 1 fully saturated rings. The number of benzene rings is 1. The first-order chi connectivity index (χ1) is 9.51. The van der Waals surface area contributed by atoms with Crippen LogP contribution in [0.15, 0.2) is 12.1 Å². The van der Waals surface area contributed by atoms with Crippen molar-refractivity contribution < 1.29 is 9.84 Å². The van der Waals surface area contributed by atoms with Gasteiger partial charge in [-0.05, 0) is 56.3 Å². The summed E-state index contributed by atoms with van der Waals surface area (Å²) < 4.78 is 5.23. The van der Waals surface area contributed by atoms with Gasteiger partial charge in [-0.1, -0.05) is 17.7 Å². The number of ether oxygens (including phenoxy) is 1. The molecule has 3 heteroatoms. The van der Waals surface area contributed by atoms with Gasteiger partial charge in [-0.2, -0.15) is 0 Å². The molecule has 1 heterocycles. The van der Waals surface area contributed by atoms with Crippen LogP contribution in [-0.4, -0.2) is 43.4 Å². The number of rotatable bonds is 5. The van der Waals surface area contributed by atoms with E-state index in [-0.39, 0.29) is 0 Å². The highest BCUT2D eigenvalue weighted by Gasteiger charge is 2.25. The monoisotopic (exact) mass is 277 g/mol. The van der Waals surface area contributed by atoms with Gasteiger partial charge in [0.05, 0.1) is 12.7 Å². The molecule has 0 spiro atoms. The fourth-order valence-electron chi connectivity index (χ4n) is 3.50. The van der Waals surface area contributed by atoms with Gasteiger partial charge in [0.2, 0.25) is 0 Å². The lowest BCUT2D eigenvalue weighted by atomic mass is 9.95. The summed E-state index contributed by atoms with van der Waals surface area (Å²) in [6.07, 6.45) is 0.781. The highest BCUT2D eigenvalue weighted by atomic mass is 16.5. The molecular weight excluding hydrogens is 250 g/mol. The van der Waals surface area contributed by atoms with E-state index in [1.165, 1.54) is 23.1 Å². The van der Waals surface area contributed by atoms with Gasteiger partial charge in [0.25, 0.3) is 0 Å².